The summed E-state index contributed by atoms with van der Waals surface area (Å²) < 4.78 is 44.9. The molecule has 0 aliphatic carbocycles. The SMILES string of the molecule is CC[C@H]1OC(=O)[C@H](C)[C@@H](O[C@H]2C[C@@](C)(OC)[C@@H](O)[C@H](C)O2)[C@H](C)[C@@H](O[C@@H]2O[C@H](C)C[C@H](N(C)C)[C@H]2O)[C@](C)(OC(C)C)C[C@H](C)/C(=N\O)[C@H](C)[C@@H](O)[C@]1(C)O. The second kappa shape index (κ2) is 19.0. The third-order valence-electron chi connectivity index (χ3n) is 12.5. The van der Waals surface area contributed by atoms with Crippen LogP contribution in [0.1, 0.15) is 109 Å². The summed E-state index contributed by atoms with van der Waals surface area (Å²) in [6, 6.07) is -0.288. The number of carbonyl (C=O) groups excluding carboxylic acids is 1. The van der Waals surface area contributed by atoms with Crippen molar-refractivity contribution in [1.29, 1.82) is 0 Å². The number of likely N-dealkylation sites (N-methyl/N-ethyl adjacent to an activating group) is 1. The van der Waals surface area contributed by atoms with Crippen molar-refractivity contribution in [2.45, 2.75) is 199 Å². The highest BCUT2D eigenvalue weighted by atomic mass is 16.7. The first-order valence-corrected chi connectivity index (χ1v) is 20.1. The summed E-state index contributed by atoms with van der Waals surface area (Å²) in [6.45, 7) is 21.2. The molecular formula is C40H74N2O13. The van der Waals surface area contributed by atoms with Gasteiger partial charge in [-0.25, -0.2) is 0 Å². The van der Waals surface area contributed by atoms with Crippen LogP contribution in [0.2, 0.25) is 0 Å². The summed E-state index contributed by atoms with van der Waals surface area (Å²) in [4.78, 5) is 16.3. The number of ether oxygens (including phenoxy) is 7. The Hall–Kier alpha value is -1.50. The molecule has 3 saturated heterocycles. The molecule has 15 heteroatoms. The molecule has 0 spiro atoms. The summed E-state index contributed by atoms with van der Waals surface area (Å²) in [5.74, 6) is -3.86. The van der Waals surface area contributed by atoms with Crippen molar-refractivity contribution in [3.63, 3.8) is 0 Å². The molecule has 0 aromatic rings. The van der Waals surface area contributed by atoms with Gasteiger partial charge in [-0.3, -0.25) is 4.79 Å². The maximum absolute atomic E-state index is 14.3. The Morgan fingerprint density at radius 1 is 0.927 bits per heavy atom. The van der Waals surface area contributed by atoms with Gasteiger partial charge in [-0.15, -0.1) is 0 Å². The van der Waals surface area contributed by atoms with E-state index in [1.807, 2.05) is 60.5 Å². The molecule has 3 fully saturated rings. The highest BCUT2D eigenvalue weighted by Crippen LogP contribution is 2.42. The molecule has 15 nitrogen and oxygen atoms in total. The molecule has 0 aromatic heterocycles. The number of esters is 1. The van der Waals surface area contributed by atoms with E-state index in [1.54, 1.807) is 34.6 Å². The molecule has 0 amide bonds. The van der Waals surface area contributed by atoms with Gasteiger partial charge in [-0.1, -0.05) is 32.9 Å². The number of aliphatic hydroxyl groups is 4. The zero-order valence-corrected chi connectivity index (χ0v) is 36.0. The number of oxime groups is 1. The van der Waals surface area contributed by atoms with Crippen LogP contribution < -0.4 is 0 Å². The van der Waals surface area contributed by atoms with E-state index in [0.717, 1.165) is 0 Å². The van der Waals surface area contributed by atoms with Gasteiger partial charge in [-0.05, 0) is 88.7 Å². The summed E-state index contributed by atoms with van der Waals surface area (Å²) in [5.41, 5.74) is -4.02. The normalized spacial score (nSPS) is 47.8. The molecule has 322 valence electrons. The van der Waals surface area contributed by atoms with Crippen LogP contribution >= 0.6 is 0 Å². The molecule has 0 bridgehead atoms. The van der Waals surface area contributed by atoms with E-state index >= 15 is 0 Å². The lowest BCUT2D eigenvalue weighted by molar-refractivity contribution is -0.322. The van der Waals surface area contributed by atoms with Crippen LogP contribution in [-0.2, 0) is 38.0 Å². The van der Waals surface area contributed by atoms with Crippen LogP contribution in [0, 0.1) is 23.7 Å². The maximum Gasteiger partial charge on any atom is 0.311 e. The highest BCUT2D eigenvalue weighted by Gasteiger charge is 2.54. The van der Waals surface area contributed by atoms with Gasteiger partial charge in [0.1, 0.15) is 23.9 Å². The first-order valence-electron chi connectivity index (χ1n) is 20.1. The maximum atomic E-state index is 14.3. The van der Waals surface area contributed by atoms with Crippen LogP contribution in [0.25, 0.3) is 0 Å². The van der Waals surface area contributed by atoms with Crippen LogP contribution in [0.5, 0.6) is 0 Å². The largest absolute Gasteiger partial charge is 0.459 e. The van der Waals surface area contributed by atoms with Gasteiger partial charge in [0.25, 0.3) is 0 Å². The smallest absolute Gasteiger partial charge is 0.311 e. The van der Waals surface area contributed by atoms with E-state index in [9.17, 15) is 30.4 Å². The van der Waals surface area contributed by atoms with Crippen LogP contribution in [-0.4, -0.2) is 154 Å². The number of hydrogen-bond acceptors (Lipinski definition) is 15. The van der Waals surface area contributed by atoms with Crippen molar-refractivity contribution in [2.75, 3.05) is 21.2 Å². The predicted molar refractivity (Wildman–Crippen MR) is 204 cm³/mol. The van der Waals surface area contributed by atoms with Crippen molar-refractivity contribution in [2.24, 2.45) is 28.8 Å². The quantitative estimate of drug-likeness (QED) is 0.129. The highest BCUT2D eigenvalue weighted by molar-refractivity contribution is 5.88. The number of cyclic esters (lactones) is 1. The number of carbonyl (C=O) groups is 1. The topological polar surface area (TPSA) is 198 Å². The molecule has 18 atom stereocenters. The Kier molecular flexibility index (Phi) is 16.6. The second-order valence-electron chi connectivity index (χ2n) is 17.7. The van der Waals surface area contributed by atoms with Crippen molar-refractivity contribution < 1.29 is 63.6 Å². The number of hydrogen-bond donors (Lipinski definition) is 5. The molecule has 55 heavy (non-hydrogen) atoms. The second-order valence-corrected chi connectivity index (χ2v) is 17.7. The van der Waals surface area contributed by atoms with E-state index in [4.69, 9.17) is 33.2 Å². The minimum Gasteiger partial charge on any atom is -0.459 e. The number of methoxy groups -OCH3 is 1. The lowest BCUT2D eigenvalue weighted by Crippen LogP contribution is -2.62. The summed E-state index contributed by atoms with van der Waals surface area (Å²) in [6.07, 6.45) is -8.95. The average Bonchev–Trinajstić information content (AvgIpc) is 3.09. The monoisotopic (exact) mass is 791 g/mol. The standard InChI is InChI=1S/C40H74N2O13/c1-16-28-40(12,47)33(44)23(6)30(41-48)21(4)18-39(11,55-20(2)3)35(54-37-31(43)27(42(13)14)17-22(5)50-37)24(7)32(25(8)36(46)52-28)53-29-19-38(10,49-15)34(45)26(9)51-29/h20-29,31-35,37,43-45,47-48H,16-19H2,1-15H3/b41-30+/t21-,22+,23-,24-,25+,26-,27-,28+,29-,31+,32-,33+,34-,35+,37-,38+,39+,40+/m0/s1. The lowest BCUT2D eigenvalue weighted by Gasteiger charge is -2.50. The van der Waals surface area contributed by atoms with Gasteiger partial charge in [0.15, 0.2) is 12.6 Å². The first-order chi connectivity index (χ1) is 25.4. The van der Waals surface area contributed by atoms with Crippen LogP contribution in [0.3, 0.4) is 0 Å². The minimum absolute atomic E-state index is 0.126. The average molecular weight is 791 g/mol. The molecule has 5 N–H and O–H groups in total. The van der Waals surface area contributed by atoms with E-state index in [0.29, 0.717) is 6.42 Å². The number of rotatable bonds is 9. The predicted octanol–water partition coefficient (Wildman–Crippen LogP) is 3.48. The zero-order chi connectivity index (χ0) is 42.0. The fraction of sp³-hybridized carbons (Fsp3) is 0.950. The van der Waals surface area contributed by atoms with E-state index in [2.05, 4.69) is 5.16 Å². The number of aliphatic hydroxyl groups excluding tert-OH is 3. The molecule has 0 radical (unpaired) electrons. The Balaban J connectivity index is 2.31. The van der Waals surface area contributed by atoms with Gasteiger partial charge in [-0.2, -0.15) is 0 Å². The first kappa shape index (κ1) is 47.9. The molecule has 3 heterocycles. The van der Waals surface area contributed by atoms with Gasteiger partial charge in [0.05, 0.1) is 59.5 Å². The third-order valence-corrected chi connectivity index (χ3v) is 12.5. The van der Waals surface area contributed by atoms with Crippen molar-refractivity contribution in [3.05, 3.63) is 0 Å². The lowest BCUT2D eigenvalue weighted by atomic mass is 9.73. The Morgan fingerprint density at radius 3 is 2.07 bits per heavy atom. The van der Waals surface area contributed by atoms with E-state index < -0.39 is 102 Å². The molecule has 0 aromatic carbocycles. The molecule has 3 rings (SSSR count). The third kappa shape index (κ3) is 10.6. The van der Waals surface area contributed by atoms with Crippen molar-refractivity contribution in [1.82, 2.24) is 4.90 Å². The van der Waals surface area contributed by atoms with Crippen LogP contribution in [0.4, 0.5) is 0 Å². The molecule has 0 saturated carbocycles. The Labute approximate surface area is 328 Å². The molecule has 0 unspecified atom stereocenters. The number of nitrogens with zero attached hydrogens (tertiary/aromatic N) is 2. The molecular weight excluding hydrogens is 716 g/mol. The van der Waals surface area contributed by atoms with Gasteiger partial charge < -0.3 is 63.7 Å². The van der Waals surface area contributed by atoms with Gasteiger partial charge in [0, 0.05) is 37.3 Å². The zero-order valence-electron chi connectivity index (χ0n) is 36.0. The van der Waals surface area contributed by atoms with Crippen LogP contribution in [0.15, 0.2) is 5.16 Å². The minimum atomic E-state index is -1.94. The Morgan fingerprint density at radius 2 is 1.55 bits per heavy atom. The van der Waals surface area contributed by atoms with Crippen molar-refractivity contribution in [3.8, 4) is 0 Å². The Bertz CT molecular complexity index is 1270. The van der Waals surface area contributed by atoms with E-state index in [1.165, 1.54) is 14.0 Å². The molecule has 3 aliphatic heterocycles. The fourth-order valence-electron chi connectivity index (χ4n) is 9.24. The summed E-state index contributed by atoms with van der Waals surface area (Å²) in [7, 11) is 5.29. The molecule has 3 aliphatic rings. The fourth-order valence-corrected chi connectivity index (χ4v) is 9.24. The summed E-state index contributed by atoms with van der Waals surface area (Å²) >= 11 is 0. The van der Waals surface area contributed by atoms with Gasteiger partial charge in [0.2, 0.25) is 0 Å². The van der Waals surface area contributed by atoms with Gasteiger partial charge >= 0.3 is 5.97 Å². The van der Waals surface area contributed by atoms with E-state index in [-0.39, 0.29) is 43.2 Å². The van der Waals surface area contributed by atoms with Crippen molar-refractivity contribution >= 4 is 11.7 Å². The summed E-state index contributed by atoms with van der Waals surface area (Å²) in [5, 5.41) is 60.3.